The normalized spacial score (nSPS) is 10.5. The average Bonchev–Trinajstić information content (AvgIpc) is 2.30. The number of aromatic nitrogens is 1. The Labute approximate surface area is 108 Å². The van der Waals surface area contributed by atoms with Crippen molar-refractivity contribution in [2.45, 2.75) is 20.8 Å². The molecule has 5 heteroatoms. The minimum absolute atomic E-state index is 0.0195. The molecule has 1 heterocycles. The first kappa shape index (κ1) is 14.3. The van der Waals surface area contributed by atoms with E-state index < -0.39 is 0 Å². The maximum atomic E-state index is 11.7. The molecule has 0 unspecified atom stereocenters. The van der Waals surface area contributed by atoms with E-state index >= 15 is 0 Å². The number of aryl methyl sites for hydroxylation is 1. The third-order valence-electron chi connectivity index (χ3n) is 2.64. The van der Waals surface area contributed by atoms with Crippen LogP contribution in [0.25, 0.3) is 0 Å². The van der Waals surface area contributed by atoms with Crippen molar-refractivity contribution in [3.63, 3.8) is 0 Å². The number of carbonyl (C=O) groups is 1. The molecule has 0 radical (unpaired) electrons. The summed E-state index contributed by atoms with van der Waals surface area (Å²) >= 11 is 0. The summed E-state index contributed by atoms with van der Waals surface area (Å²) in [6.07, 6.45) is 1.70. The number of pyridine rings is 1. The predicted molar refractivity (Wildman–Crippen MR) is 74.5 cm³/mol. The molecule has 0 aromatic carbocycles. The molecular formula is C13H22N4O. The minimum atomic E-state index is -0.0195. The molecule has 0 aliphatic rings. The summed E-state index contributed by atoms with van der Waals surface area (Å²) in [6, 6.07) is 1.85. The number of nitrogens with one attached hydrogen (secondary N) is 1. The fourth-order valence-corrected chi connectivity index (χ4v) is 1.52. The van der Waals surface area contributed by atoms with Crippen molar-refractivity contribution in [3.05, 3.63) is 17.8 Å². The van der Waals surface area contributed by atoms with Crippen molar-refractivity contribution in [2.75, 3.05) is 30.8 Å². The molecule has 0 spiro atoms. The molecule has 0 aliphatic heterocycles. The highest BCUT2D eigenvalue weighted by Crippen LogP contribution is 2.21. The number of rotatable bonds is 5. The number of hydrogen-bond donors (Lipinski definition) is 2. The molecule has 1 amide bonds. The molecule has 1 aromatic heterocycles. The van der Waals surface area contributed by atoms with Crippen molar-refractivity contribution < 1.29 is 4.79 Å². The van der Waals surface area contributed by atoms with Gasteiger partial charge in [0.1, 0.15) is 0 Å². The average molecular weight is 250 g/mol. The number of nitrogen functional groups attached to an aromatic ring is 1. The van der Waals surface area contributed by atoms with Gasteiger partial charge in [0.05, 0.1) is 12.2 Å². The summed E-state index contributed by atoms with van der Waals surface area (Å²) < 4.78 is 0. The van der Waals surface area contributed by atoms with Gasteiger partial charge in [0.15, 0.2) is 5.82 Å². The van der Waals surface area contributed by atoms with Gasteiger partial charge in [-0.1, -0.05) is 13.8 Å². The van der Waals surface area contributed by atoms with Gasteiger partial charge in [-0.25, -0.2) is 4.98 Å². The topological polar surface area (TPSA) is 71.2 Å². The second kappa shape index (κ2) is 6.23. The number of hydrogen-bond acceptors (Lipinski definition) is 4. The Kier molecular flexibility index (Phi) is 4.95. The quantitative estimate of drug-likeness (QED) is 0.823. The van der Waals surface area contributed by atoms with Gasteiger partial charge in [0, 0.05) is 19.8 Å². The van der Waals surface area contributed by atoms with Crippen LogP contribution in [0.1, 0.15) is 19.4 Å². The summed E-state index contributed by atoms with van der Waals surface area (Å²) in [4.78, 5) is 17.7. The van der Waals surface area contributed by atoms with Crippen molar-refractivity contribution in [1.29, 1.82) is 0 Å². The number of likely N-dealkylation sites (N-methyl/N-ethyl adjacent to an activating group) is 1. The lowest BCUT2D eigenvalue weighted by Gasteiger charge is -2.20. The van der Waals surface area contributed by atoms with Crippen LogP contribution in [0.3, 0.4) is 0 Å². The Morgan fingerprint density at radius 1 is 1.56 bits per heavy atom. The molecule has 100 valence electrons. The van der Waals surface area contributed by atoms with Gasteiger partial charge in [-0.05, 0) is 24.5 Å². The van der Waals surface area contributed by atoms with Gasteiger partial charge in [0.25, 0.3) is 0 Å². The van der Waals surface area contributed by atoms with E-state index in [1.807, 2.05) is 20.0 Å². The standard InChI is InChI=1S/C13H22N4O/c1-9(2)7-16-11(18)8-17(4)13-12(14)10(3)5-6-15-13/h5-6,9H,7-8,14H2,1-4H3,(H,16,18). The van der Waals surface area contributed by atoms with Crippen molar-refractivity contribution in [3.8, 4) is 0 Å². The SMILES string of the molecule is Cc1ccnc(N(C)CC(=O)NCC(C)C)c1N. The molecule has 1 rings (SSSR count). The Balaban J connectivity index is 2.62. The first-order valence-corrected chi connectivity index (χ1v) is 6.10. The Hall–Kier alpha value is -1.78. The third kappa shape index (κ3) is 3.91. The maximum absolute atomic E-state index is 11.7. The van der Waals surface area contributed by atoms with Crippen molar-refractivity contribution in [2.24, 2.45) is 5.92 Å². The molecule has 0 bridgehead atoms. The lowest BCUT2D eigenvalue weighted by atomic mass is 10.2. The zero-order valence-corrected chi connectivity index (χ0v) is 11.5. The van der Waals surface area contributed by atoms with E-state index in [2.05, 4.69) is 24.1 Å². The summed E-state index contributed by atoms with van der Waals surface area (Å²) in [7, 11) is 1.81. The van der Waals surface area contributed by atoms with E-state index in [1.54, 1.807) is 11.1 Å². The number of carbonyl (C=O) groups excluding carboxylic acids is 1. The number of amides is 1. The largest absolute Gasteiger partial charge is 0.396 e. The van der Waals surface area contributed by atoms with Crippen molar-refractivity contribution >= 4 is 17.4 Å². The number of nitrogens with zero attached hydrogens (tertiary/aromatic N) is 2. The van der Waals surface area contributed by atoms with E-state index in [0.717, 1.165) is 5.56 Å². The predicted octanol–water partition coefficient (Wildman–Crippen LogP) is 1.18. The molecule has 0 atom stereocenters. The molecule has 5 nitrogen and oxygen atoms in total. The molecular weight excluding hydrogens is 228 g/mol. The van der Waals surface area contributed by atoms with E-state index in [-0.39, 0.29) is 12.5 Å². The minimum Gasteiger partial charge on any atom is -0.396 e. The molecule has 1 aromatic rings. The van der Waals surface area contributed by atoms with Gasteiger partial charge < -0.3 is 16.0 Å². The second-order valence-corrected chi connectivity index (χ2v) is 4.92. The van der Waals surface area contributed by atoms with E-state index in [1.165, 1.54) is 0 Å². The van der Waals surface area contributed by atoms with Gasteiger partial charge in [0.2, 0.25) is 5.91 Å². The van der Waals surface area contributed by atoms with E-state index in [0.29, 0.717) is 24.0 Å². The van der Waals surface area contributed by atoms with Crippen LogP contribution < -0.4 is 16.0 Å². The molecule has 18 heavy (non-hydrogen) atoms. The lowest BCUT2D eigenvalue weighted by molar-refractivity contribution is -0.119. The maximum Gasteiger partial charge on any atom is 0.239 e. The zero-order chi connectivity index (χ0) is 13.7. The highest BCUT2D eigenvalue weighted by Gasteiger charge is 2.12. The van der Waals surface area contributed by atoms with Gasteiger partial charge in [-0.3, -0.25) is 4.79 Å². The molecule has 3 N–H and O–H groups in total. The highest BCUT2D eigenvalue weighted by molar-refractivity contribution is 5.82. The van der Waals surface area contributed by atoms with Crippen LogP contribution in [0.2, 0.25) is 0 Å². The molecule has 0 fully saturated rings. The van der Waals surface area contributed by atoms with Crippen LogP contribution in [-0.4, -0.2) is 31.0 Å². The van der Waals surface area contributed by atoms with E-state index in [4.69, 9.17) is 5.73 Å². The van der Waals surface area contributed by atoms with Crippen LogP contribution in [0.5, 0.6) is 0 Å². The zero-order valence-electron chi connectivity index (χ0n) is 11.5. The Morgan fingerprint density at radius 2 is 2.22 bits per heavy atom. The fourth-order valence-electron chi connectivity index (χ4n) is 1.52. The number of nitrogens with two attached hydrogens (primary N) is 1. The van der Waals surface area contributed by atoms with Crippen LogP contribution in [0.4, 0.5) is 11.5 Å². The summed E-state index contributed by atoms with van der Waals surface area (Å²) in [5, 5.41) is 2.87. The van der Waals surface area contributed by atoms with Crippen LogP contribution in [0.15, 0.2) is 12.3 Å². The Bertz CT molecular complexity index is 417. The van der Waals surface area contributed by atoms with Crippen LogP contribution in [0, 0.1) is 12.8 Å². The molecule has 0 saturated heterocycles. The smallest absolute Gasteiger partial charge is 0.239 e. The highest BCUT2D eigenvalue weighted by atomic mass is 16.2. The lowest BCUT2D eigenvalue weighted by Crippen LogP contribution is -2.37. The van der Waals surface area contributed by atoms with E-state index in [9.17, 15) is 4.79 Å². The summed E-state index contributed by atoms with van der Waals surface area (Å²) in [6.45, 7) is 6.98. The second-order valence-electron chi connectivity index (χ2n) is 4.92. The van der Waals surface area contributed by atoms with Crippen LogP contribution >= 0.6 is 0 Å². The molecule has 0 aliphatic carbocycles. The third-order valence-corrected chi connectivity index (χ3v) is 2.64. The molecule has 0 saturated carbocycles. The first-order chi connectivity index (χ1) is 8.41. The summed E-state index contributed by atoms with van der Waals surface area (Å²) in [5.74, 6) is 1.07. The fraction of sp³-hybridized carbons (Fsp3) is 0.538. The first-order valence-electron chi connectivity index (χ1n) is 6.10. The van der Waals surface area contributed by atoms with Gasteiger partial charge in [-0.2, -0.15) is 0 Å². The van der Waals surface area contributed by atoms with Crippen molar-refractivity contribution in [1.82, 2.24) is 10.3 Å². The van der Waals surface area contributed by atoms with Crippen LogP contribution in [-0.2, 0) is 4.79 Å². The van der Waals surface area contributed by atoms with Gasteiger partial charge >= 0.3 is 0 Å². The summed E-state index contributed by atoms with van der Waals surface area (Å²) in [5.41, 5.74) is 7.53. The number of anilines is 2. The Morgan fingerprint density at radius 3 is 2.83 bits per heavy atom. The monoisotopic (exact) mass is 250 g/mol. The van der Waals surface area contributed by atoms with Gasteiger partial charge in [-0.15, -0.1) is 0 Å².